The maximum absolute atomic E-state index is 12.6. The molecule has 27 heavy (non-hydrogen) atoms. The van der Waals surface area contributed by atoms with Crippen LogP contribution >= 0.6 is 0 Å². The Hall–Kier alpha value is -2.33. The molecule has 144 valence electrons. The van der Waals surface area contributed by atoms with Crippen molar-refractivity contribution in [2.24, 2.45) is 5.92 Å². The van der Waals surface area contributed by atoms with Crippen LogP contribution in [0.2, 0.25) is 0 Å². The number of rotatable bonds is 6. The zero-order valence-corrected chi connectivity index (χ0v) is 16.6. The molecule has 1 amide bonds. The SMILES string of the molecule is COc1ccccc1[C@H](C)NC(=O)c1ccc(CN2CCC[C@@H](C)C2)cc1. The van der Waals surface area contributed by atoms with Crippen molar-refractivity contribution in [3.05, 3.63) is 65.2 Å². The fourth-order valence-corrected chi connectivity index (χ4v) is 3.83. The maximum Gasteiger partial charge on any atom is 0.251 e. The van der Waals surface area contributed by atoms with Gasteiger partial charge in [0, 0.05) is 24.2 Å². The molecule has 0 spiro atoms. The Bertz CT molecular complexity index is 757. The molecule has 3 rings (SSSR count). The molecule has 1 aliphatic heterocycles. The van der Waals surface area contributed by atoms with E-state index in [-0.39, 0.29) is 11.9 Å². The molecular weight excluding hydrogens is 336 g/mol. The van der Waals surface area contributed by atoms with E-state index in [0.717, 1.165) is 23.8 Å². The number of ether oxygens (including phenoxy) is 1. The predicted octanol–water partition coefficient (Wildman–Crippen LogP) is 4.42. The van der Waals surface area contributed by atoms with Crippen LogP contribution in [0.1, 0.15) is 54.2 Å². The van der Waals surface area contributed by atoms with Crippen LogP contribution < -0.4 is 10.1 Å². The first-order chi connectivity index (χ1) is 13.1. The van der Waals surface area contributed by atoms with Crippen LogP contribution in [-0.2, 0) is 6.54 Å². The third-order valence-electron chi connectivity index (χ3n) is 5.32. The second kappa shape index (κ2) is 9.05. The third kappa shape index (κ3) is 5.10. The molecule has 0 saturated carbocycles. The first-order valence-electron chi connectivity index (χ1n) is 9.82. The molecule has 1 fully saturated rings. The van der Waals surface area contributed by atoms with E-state index in [2.05, 4.69) is 29.3 Å². The van der Waals surface area contributed by atoms with E-state index >= 15 is 0 Å². The molecule has 4 nitrogen and oxygen atoms in total. The van der Waals surface area contributed by atoms with Crippen LogP contribution in [0.15, 0.2) is 48.5 Å². The number of benzene rings is 2. The third-order valence-corrected chi connectivity index (χ3v) is 5.32. The van der Waals surface area contributed by atoms with Gasteiger partial charge in [0.05, 0.1) is 13.2 Å². The van der Waals surface area contributed by atoms with Gasteiger partial charge in [-0.15, -0.1) is 0 Å². The first kappa shape index (κ1) is 19.4. The topological polar surface area (TPSA) is 41.6 Å². The number of carbonyl (C=O) groups is 1. The lowest BCUT2D eigenvalue weighted by atomic mass is 9.99. The molecule has 4 heteroatoms. The quantitative estimate of drug-likeness (QED) is 0.823. The van der Waals surface area contributed by atoms with Gasteiger partial charge in [-0.3, -0.25) is 9.69 Å². The van der Waals surface area contributed by atoms with E-state index in [9.17, 15) is 4.79 Å². The molecule has 0 aromatic heterocycles. The van der Waals surface area contributed by atoms with E-state index in [4.69, 9.17) is 4.74 Å². The average molecular weight is 367 g/mol. The average Bonchev–Trinajstić information content (AvgIpc) is 2.68. The van der Waals surface area contributed by atoms with Gasteiger partial charge in [0.15, 0.2) is 0 Å². The number of nitrogens with one attached hydrogen (secondary N) is 1. The van der Waals surface area contributed by atoms with Crippen molar-refractivity contribution in [3.8, 4) is 5.75 Å². The molecular formula is C23H30N2O2. The van der Waals surface area contributed by atoms with Crippen LogP contribution in [0, 0.1) is 5.92 Å². The van der Waals surface area contributed by atoms with Crippen molar-refractivity contribution in [3.63, 3.8) is 0 Å². The molecule has 1 saturated heterocycles. The minimum atomic E-state index is -0.122. The lowest BCUT2D eigenvalue weighted by Crippen LogP contribution is -2.33. The van der Waals surface area contributed by atoms with Gasteiger partial charge >= 0.3 is 0 Å². The molecule has 1 N–H and O–H groups in total. The zero-order valence-electron chi connectivity index (χ0n) is 16.6. The molecule has 0 unspecified atom stereocenters. The van der Waals surface area contributed by atoms with Gasteiger partial charge in [0.1, 0.15) is 5.75 Å². The Morgan fingerprint density at radius 2 is 1.96 bits per heavy atom. The molecule has 1 aliphatic rings. The summed E-state index contributed by atoms with van der Waals surface area (Å²) in [7, 11) is 1.65. The van der Waals surface area contributed by atoms with Crippen molar-refractivity contribution in [1.82, 2.24) is 10.2 Å². The number of para-hydroxylation sites is 1. The van der Waals surface area contributed by atoms with Gasteiger partial charge < -0.3 is 10.1 Å². The lowest BCUT2D eigenvalue weighted by Gasteiger charge is -2.30. The van der Waals surface area contributed by atoms with Gasteiger partial charge in [-0.2, -0.15) is 0 Å². The Morgan fingerprint density at radius 3 is 2.67 bits per heavy atom. The molecule has 1 heterocycles. The largest absolute Gasteiger partial charge is 0.496 e. The summed E-state index contributed by atoms with van der Waals surface area (Å²) in [6.07, 6.45) is 2.61. The highest BCUT2D eigenvalue weighted by molar-refractivity contribution is 5.94. The van der Waals surface area contributed by atoms with E-state index in [1.165, 1.54) is 31.5 Å². The van der Waals surface area contributed by atoms with Crippen LogP contribution in [0.3, 0.4) is 0 Å². The normalized spacial score (nSPS) is 18.7. The summed E-state index contributed by atoms with van der Waals surface area (Å²) in [5, 5.41) is 3.06. The minimum Gasteiger partial charge on any atom is -0.496 e. The fraction of sp³-hybridized carbons (Fsp3) is 0.435. The summed E-state index contributed by atoms with van der Waals surface area (Å²) in [5.74, 6) is 1.50. The fourth-order valence-electron chi connectivity index (χ4n) is 3.83. The molecule has 2 aromatic carbocycles. The summed E-state index contributed by atoms with van der Waals surface area (Å²) in [6.45, 7) is 7.59. The van der Waals surface area contributed by atoms with Crippen LogP contribution in [0.5, 0.6) is 5.75 Å². The number of carbonyl (C=O) groups excluding carboxylic acids is 1. The van der Waals surface area contributed by atoms with E-state index in [1.807, 2.05) is 43.3 Å². The van der Waals surface area contributed by atoms with Crippen molar-refractivity contribution >= 4 is 5.91 Å². The van der Waals surface area contributed by atoms with Crippen molar-refractivity contribution in [2.45, 2.75) is 39.3 Å². The highest BCUT2D eigenvalue weighted by atomic mass is 16.5. The monoisotopic (exact) mass is 366 g/mol. The van der Waals surface area contributed by atoms with Crippen LogP contribution in [0.4, 0.5) is 0 Å². The number of likely N-dealkylation sites (tertiary alicyclic amines) is 1. The highest BCUT2D eigenvalue weighted by Crippen LogP contribution is 2.24. The van der Waals surface area contributed by atoms with Crippen LogP contribution in [0.25, 0.3) is 0 Å². The Kier molecular flexibility index (Phi) is 6.51. The first-order valence-corrected chi connectivity index (χ1v) is 9.82. The standard InChI is InChI=1S/C23H30N2O2/c1-17-7-6-14-25(15-17)16-19-10-12-20(13-11-19)23(26)24-18(2)21-8-4-5-9-22(21)27-3/h4-5,8-13,17-18H,6-7,14-16H2,1-3H3,(H,24,26)/t17-,18+/m1/s1. The summed E-state index contributed by atoms with van der Waals surface area (Å²) in [6, 6.07) is 15.6. The lowest BCUT2D eigenvalue weighted by molar-refractivity contribution is 0.0939. The number of amides is 1. The number of hydrogen-bond acceptors (Lipinski definition) is 3. The van der Waals surface area contributed by atoms with E-state index in [1.54, 1.807) is 7.11 Å². The van der Waals surface area contributed by atoms with Gasteiger partial charge in [-0.1, -0.05) is 37.3 Å². The van der Waals surface area contributed by atoms with Gasteiger partial charge in [-0.25, -0.2) is 0 Å². The minimum absolute atomic E-state index is 0.0634. The number of hydrogen-bond donors (Lipinski definition) is 1. The Labute approximate surface area is 162 Å². The number of piperidine rings is 1. The Morgan fingerprint density at radius 1 is 1.22 bits per heavy atom. The summed E-state index contributed by atoms with van der Waals surface area (Å²) in [4.78, 5) is 15.1. The molecule has 0 radical (unpaired) electrons. The van der Waals surface area contributed by atoms with Crippen molar-refractivity contribution in [1.29, 1.82) is 0 Å². The van der Waals surface area contributed by atoms with Crippen LogP contribution in [-0.4, -0.2) is 31.0 Å². The smallest absolute Gasteiger partial charge is 0.251 e. The van der Waals surface area contributed by atoms with Gasteiger partial charge in [0.25, 0.3) is 5.91 Å². The Balaban J connectivity index is 1.60. The summed E-state index contributed by atoms with van der Waals surface area (Å²) in [5.41, 5.74) is 2.93. The van der Waals surface area contributed by atoms with E-state index < -0.39 is 0 Å². The second-order valence-electron chi connectivity index (χ2n) is 7.62. The summed E-state index contributed by atoms with van der Waals surface area (Å²) >= 11 is 0. The van der Waals surface area contributed by atoms with Gasteiger partial charge in [-0.05, 0) is 56.0 Å². The predicted molar refractivity (Wildman–Crippen MR) is 109 cm³/mol. The van der Waals surface area contributed by atoms with Gasteiger partial charge in [0.2, 0.25) is 0 Å². The second-order valence-corrected chi connectivity index (χ2v) is 7.62. The molecule has 0 bridgehead atoms. The molecule has 2 aromatic rings. The zero-order chi connectivity index (χ0) is 19.2. The molecule has 2 atom stereocenters. The van der Waals surface area contributed by atoms with Crippen molar-refractivity contribution < 1.29 is 9.53 Å². The highest BCUT2D eigenvalue weighted by Gasteiger charge is 2.17. The maximum atomic E-state index is 12.6. The number of methoxy groups -OCH3 is 1. The molecule has 0 aliphatic carbocycles. The number of nitrogens with zero attached hydrogens (tertiary/aromatic N) is 1. The van der Waals surface area contributed by atoms with E-state index in [0.29, 0.717) is 5.56 Å². The van der Waals surface area contributed by atoms with Crippen molar-refractivity contribution in [2.75, 3.05) is 20.2 Å². The summed E-state index contributed by atoms with van der Waals surface area (Å²) < 4.78 is 5.39.